The molecule has 1 aromatic carbocycles. The van der Waals surface area contributed by atoms with Gasteiger partial charge in [-0.2, -0.15) is 0 Å². The molecular formula is C11H12N2O3. The molecular weight excluding hydrogens is 208 g/mol. The van der Waals surface area contributed by atoms with Gasteiger partial charge >= 0.3 is 5.97 Å². The SMILES string of the molecule is C=CCOC(=O)c1ccc(C(=O)NN)cc1. The summed E-state index contributed by atoms with van der Waals surface area (Å²) in [5.74, 6) is 4.10. The number of nitrogens with two attached hydrogens (primary N) is 1. The van der Waals surface area contributed by atoms with Gasteiger partial charge in [0.1, 0.15) is 6.61 Å². The monoisotopic (exact) mass is 220 g/mol. The Morgan fingerprint density at radius 3 is 2.38 bits per heavy atom. The van der Waals surface area contributed by atoms with Gasteiger partial charge in [-0.25, -0.2) is 10.6 Å². The van der Waals surface area contributed by atoms with Crippen LogP contribution in [0.4, 0.5) is 0 Å². The van der Waals surface area contributed by atoms with E-state index in [1.807, 2.05) is 5.43 Å². The lowest BCUT2D eigenvalue weighted by Gasteiger charge is -2.03. The normalized spacial score (nSPS) is 9.31. The summed E-state index contributed by atoms with van der Waals surface area (Å²) in [5, 5.41) is 0. The smallest absolute Gasteiger partial charge is 0.338 e. The Labute approximate surface area is 92.9 Å². The third-order valence-corrected chi connectivity index (χ3v) is 1.85. The maximum absolute atomic E-state index is 11.4. The first-order valence-corrected chi connectivity index (χ1v) is 4.58. The Morgan fingerprint density at radius 2 is 1.88 bits per heavy atom. The van der Waals surface area contributed by atoms with Crippen LogP contribution in [0.2, 0.25) is 0 Å². The van der Waals surface area contributed by atoms with Crippen molar-refractivity contribution in [3.8, 4) is 0 Å². The van der Waals surface area contributed by atoms with E-state index >= 15 is 0 Å². The van der Waals surface area contributed by atoms with Gasteiger partial charge in [-0.15, -0.1) is 0 Å². The number of rotatable bonds is 4. The average molecular weight is 220 g/mol. The number of carbonyl (C=O) groups excluding carboxylic acids is 2. The van der Waals surface area contributed by atoms with Gasteiger partial charge in [0, 0.05) is 5.56 Å². The first-order chi connectivity index (χ1) is 7.69. The van der Waals surface area contributed by atoms with Crippen LogP contribution in [0, 0.1) is 0 Å². The molecule has 16 heavy (non-hydrogen) atoms. The number of amides is 1. The van der Waals surface area contributed by atoms with Crippen molar-refractivity contribution in [2.75, 3.05) is 6.61 Å². The molecule has 0 saturated carbocycles. The highest BCUT2D eigenvalue weighted by Crippen LogP contribution is 2.05. The molecule has 84 valence electrons. The second-order valence-corrected chi connectivity index (χ2v) is 2.94. The fourth-order valence-electron chi connectivity index (χ4n) is 1.06. The van der Waals surface area contributed by atoms with E-state index in [2.05, 4.69) is 6.58 Å². The van der Waals surface area contributed by atoms with E-state index in [0.29, 0.717) is 11.1 Å². The summed E-state index contributed by atoms with van der Waals surface area (Å²) in [4.78, 5) is 22.5. The van der Waals surface area contributed by atoms with Gasteiger partial charge in [-0.1, -0.05) is 12.7 Å². The molecule has 0 radical (unpaired) electrons. The number of hydrogen-bond donors (Lipinski definition) is 2. The number of esters is 1. The standard InChI is InChI=1S/C11H12N2O3/c1-2-7-16-11(15)9-5-3-8(4-6-9)10(14)13-12/h2-6H,1,7,12H2,(H,13,14). The highest BCUT2D eigenvalue weighted by Gasteiger charge is 2.08. The summed E-state index contributed by atoms with van der Waals surface area (Å²) in [6, 6.07) is 5.98. The van der Waals surface area contributed by atoms with Gasteiger partial charge in [-0.05, 0) is 24.3 Å². The van der Waals surface area contributed by atoms with E-state index in [1.54, 1.807) is 0 Å². The zero-order chi connectivity index (χ0) is 12.0. The first-order valence-electron chi connectivity index (χ1n) is 4.58. The Bertz CT molecular complexity index is 398. The Morgan fingerprint density at radius 1 is 1.31 bits per heavy atom. The molecule has 3 N–H and O–H groups in total. The van der Waals surface area contributed by atoms with Gasteiger partial charge < -0.3 is 4.74 Å². The van der Waals surface area contributed by atoms with Gasteiger partial charge in [0.2, 0.25) is 0 Å². The summed E-state index contributed by atoms with van der Waals surface area (Å²) in [5.41, 5.74) is 2.74. The predicted octanol–water partition coefficient (Wildman–Crippen LogP) is 0.633. The van der Waals surface area contributed by atoms with Crippen LogP contribution in [-0.2, 0) is 4.74 Å². The zero-order valence-electron chi connectivity index (χ0n) is 8.60. The van der Waals surface area contributed by atoms with Crippen LogP contribution < -0.4 is 11.3 Å². The fraction of sp³-hybridized carbons (Fsp3) is 0.0909. The average Bonchev–Trinajstić information content (AvgIpc) is 2.35. The van der Waals surface area contributed by atoms with Crippen molar-refractivity contribution < 1.29 is 14.3 Å². The van der Waals surface area contributed by atoms with Crippen LogP contribution in [0.3, 0.4) is 0 Å². The van der Waals surface area contributed by atoms with Gasteiger partial charge in [0.25, 0.3) is 5.91 Å². The molecule has 0 spiro atoms. The van der Waals surface area contributed by atoms with E-state index < -0.39 is 11.9 Å². The summed E-state index contributed by atoms with van der Waals surface area (Å²) in [6.45, 7) is 3.59. The maximum atomic E-state index is 11.4. The molecule has 0 aliphatic carbocycles. The highest BCUT2D eigenvalue weighted by molar-refractivity contribution is 5.95. The predicted molar refractivity (Wildman–Crippen MR) is 58.6 cm³/mol. The van der Waals surface area contributed by atoms with Crippen molar-refractivity contribution in [2.24, 2.45) is 5.84 Å². The number of nitrogens with one attached hydrogen (secondary N) is 1. The number of carbonyl (C=O) groups is 2. The van der Waals surface area contributed by atoms with Crippen LogP contribution in [0.15, 0.2) is 36.9 Å². The lowest BCUT2D eigenvalue weighted by molar-refractivity contribution is 0.0549. The molecule has 0 unspecified atom stereocenters. The minimum Gasteiger partial charge on any atom is -0.458 e. The minimum atomic E-state index is -0.459. The van der Waals surface area contributed by atoms with Crippen LogP contribution in [0.1, 0.15) is 20.7 Å². The van der Waals surface area contributed by atoms with Crippen molar-refractivity contribution in [1.82, 2.24) is 5.43 Å². The molecule has 0 saturated heterocycles. The lowest BCUT2D eigenvalue weighted by Crippen LogP contribution is -2.29. The zero-order valence-corrected chi connectivity index (χ0v) is 8.60. The van der Waals surface area contributed by atoms with Crippen LogP contribution in [-0.4, -0.2) is 18.5 Å². The number of nitrogen functional groups attached to an aromatic ring is 1. The molecule has 0 fully saturated rings. The number of ether oxygens (including phenoxy) is 1. The summed E-state index contributed by atoms with van der Waals surface area (Å²) in [6.07, 6.45) is 1.48. The Hall–Kier alpha value is -2.14. The van der Waals surface area contributed by atoms with Gasteiger partial charge in [0.05, 0.1) is 5.56 Å². The Balaban J connectivity index is 2.74. The molecule has 0 atom stereocenters. The third-order valence-electron chi connectivity index (χ3n) is 1.85. The second-order valence-electron chi connectivity index (χ2n) is 2.94. The Kier molecular flexibility index (Phi) is 4.23. The summed E-state index contributed by atoms with van der Waals surface area (Å²) < 4.78 is 4.82. The van der Waals surface area contributed by atoms with Crippen molar-refractivity contribution in [3.63, 3.8) is 0 Å². The van der Waals surface area contributed by atoms with Crippen molar-refractivity contribution in [2.45, 2.75) is 0 Å². The molecule has 0 heterocycles. The van der Waals surface area contributed by atoms with Crippen molar-refractivity contribution in [1.29, 1.82) is 0 Å². The van der Waals surface area contributed by atoms with Crippen molar-refractivity contribution in [3.05, 3.63) is 48.0 Å². The number of hydrazine groups is 1. The van der Waals surface area contributed by atoms with Crippen LogP contribution in [0.25, 0.3) is 0 Å². The van der Waals surface area contributed by atoms with E-state index in [0.717, 1.165) is 0 Å². The van der Waals surface area contributed by atoms with Crippen LogP contribution in [0.5, 0.6) is 0 Å². The van der Waals surface area contributed by atoms with Gasteiger partial charge in [-0.3, -0.25) is 10.2 Å². The lowest BCUT2D eigenvalue weighted by atomic mass is 10.1. The third kappa shape index (κ3) is 2.93. The fourth-order valence-corrected chi connectivity index (χ4v) is 1.06. The molecule has 0 bridgehead atoms. The number of benzene rings is 1. The van der Waals surface area contributed by atoms with E-state index in [-0.39, 0.29) is 6.61 Å². The minimum absolute atomic E-state index is 0.157. The second kappa shape index (κ2) is 5.67. The molecule has 5 nitrogen and oxygen atoms in total. The molecule has 0 aromatic heterocycles. The van der Waals surface area contributed by atoms with E-state index in [1.165, 1.54) is 30.3 Å². The van der Waals surface area contributed by atoms with E-state index in [9.17, 15) is 9.59 Å². The largest absolute Gasteiger partial charge is 0.458 e. The first kappa shape index (κ1) is 11.9. The van der Waals surface area contributed by atoms with Crippen LogP contribution >= 0.6 is 0 Å². The molecule has 1 aromatic rings. The summed E-state index contributed by atoms with van der Waals surface area (Å²) >= 11 is 0. The quantitative estimate of drug-likeness (QED) is 0.256. The molecule has 1 amide bonds. The molecule has 5 heteroatoms. The van der Waals surface area contributed by atoms with Gasteiger partial charge in [0.15, 0.2) is 0 Å². The molecule has 1 rings (SSSR count). The highest BCUT2D eigenvalue weighted by atomic mass is 16.5. The summed E-state index contributed by atoms with van der Waals surface area (Å²) in [7, 11) is 0. The molecule has 0 aliphatic rings. The van der Waals surface area contributed by atoms with Crippen molar-refractivity contribution >= 4 is 11.9 Å². The number of hydrogen-bond acceptors (Lipinski definition) is 4. The van der Waals surface area contributed by atoms with E-state index in [4.69, 9.17) is 10.6 Å². The molecule has 0 aliphatic heterocycles. The maximum Gasteiger partial charge on any atom is 0.338 e. The topological polar surface area (TPSA) is 81.4 Å².